The molecule has 0 aromatic heterocycles. The van der Waals surface area contributed by atoms with Gasteiger partial charge < -0.3 is 10.6 Å². The number of likely N-dealkylation sites (tertiary alicyclic amines) is 1. The quantitative estimate of drug-likeness (QED) is 0.779. The maximum absolute atomic E-state index is 12.8. The van der Waals surface area contributed by atoms with Crippen molar-refractivity contribution < 1.29 is 4.79 Å². The van der Waals surface area contributed by atoms with Crippen molar-refractivity contribution >= 4 is 5.91 Å². The van der Waals surface area contributed by atoms with E-state index < -0.39 is 5.54 Å². The van der Waals surface area contributed by atoms with Crippen molar-refractivity contribution in [1.29, 1.82) is 0 Å². The van der Waals surface area contributed by atoms with Crippen LogP contribution in [0.4, 0.5) is 0 Å². The second-order valence-electron chi connectivity index (χ2n) is 6.73. The van der Waals surface area contributed by atoms with Gasteiger partial charge in [0.15, 0.2) is 0 Å². The van der Waals surface area contributed by atoms with Gasteiger partial charge in [-0.25, -0.2) is 0 Å². The lowest BCUT2D eigenvalue weighted by atomic mass is 9.79. The van der Waals surface area contributed by atoms with E-state index in [1.54, 1.807) is 0 Å². The molecule has 3 unspecified atom stereocenters. The first kappa shape index (κ1) is 13.9. The maximum Gasteiger partial charge on any atom is 0.242 e. The number of carbonyl (C=O) groups is 1. The average Bonchev–Trinajstić information content (AvgIpc) is 2.34. The van der Waals surface area contributed by atoms with Crippen molar-refractivity contribution in [3.8, 4) is 0 Å². The van der Waals surface area contributed by atoms with Crippen molar-refractivity contribution in [3.05, 3.63) is 0 Å². The standard InChI is InChI=1S/C15H28N2O/c1-11-9-12(2)13(3)17(10-11)14(18)15(16)7-5-4-6-8-15/h11-13H,4-10,16H2,1-3H3. The molecule has 3 heteroatoms. The monoisotopic (exact) mass is 252 g/mol. The number of amides is 1. The van der Waals surface area contributed by atoms with Crippen molar-refractivity contribution in [1.82, 2.24) is 4.90 Å². The molecule has 0 spiro atoms. The van der Waals surface area contributed by atoms with E-state index in [1.807, 2.05) is 0 Å². The highest BCUT2D eigenvalue weighted by Gasteiger charge is 2.42. The van der Waals surface area contributed by atoms with E-state index in [2.05, 4.69) is 25.7 Å². The van der Waals surface area contributed by atoms with Gasteiger partial charge in [-0.15, -0.1) is 0 Å². The van der Waals surface area contributed by atoms with Gasteiger partial charge in [-0.05, 0) is 38.0 Å². The third-order valence-corrected chi connectivity index (χ3v) is 5.03. The Morgan fingerprint density at radius 1 is 1.17 bits per heavy atom. The molecule has 1 amide bonds. The lowest BCUT2D eigenvalue weighted by Crippen LogP contribution is -2.61. The summed E-state index contributed by atoms with van der Waals surface area (Å²) in [4.78, 5) is 14.9. The van der Waals surface area contributed by atoms with Crippen LogP contribution < -0.4 is 5.73 Å². The molecular weight excluding hydrogens is 224 g/mol. The summed E-state index contributed by atoms with van der Waals surface area (Å²) in [7, 11) is 0. The molecule has 0 bridgehead atoms. The number of carbonyl (C=O) groups excluding carboxylic acids is 1. The van der Waals surface area contributed by atoms with Crippen LogP contribution >= 0.6 is 0 Å². The molecule has 2 rings (SSSR count). The SMILES string of the molecule is CC1CC(C)C(C)N(C(=O)C2(N)CCCCC2)C1. The van der Waals surface area contributed by atoms with Crippen LogP contribution in [0.25, 0.3) is 0 Å². The van der Waals surface area contributed by atoms with Gasteiger partial charge >= 0.3 is 0 Å². The van der Waals surface area contributed by atoms with Crippen LogP contribution in [0.2, 0.25) is 0 Å². The number of rotatable bonds is 1. The van der Waals surface area contributed by atoms with Crippen LogP contribution in [0, 0.1) is 11.8 Å². The fourth-order valence-electron chi connectivity index (χ4n) is 3.67. The zero-order chi connectivity index (χ0) is 13.3. The molecule has 0 radical (unpaired) electrons. The minimum atomic E-state index is -0.566. The topological polar surface area (TPSA) is 46.3 Å². The zero-order valence-corrected chi connectivity index (χ0v) is 12.1. The summed E-state index contributed by atoms with van der Waals surface area (Å²) in [6.45, 7) is 7.57. The van der Waals surface area contributed by atoms with E-state index in [9.17, 15) is 4.79 Å². The molecule has 18 heavy (non-hydrogen) atoms. The van der Waals surface area contributed by atoms with Gasteiger partial charge in [0, 0.05) is 12.6 Å². The van der Waals surface area contributed by atoms with Gasteiger partial charge in [0.25, 0.3) is 0 Å². The Balaban J connectivity index is 2.11. The Kier molecular flexibility index (Phi) is 4.00. The fraction of sp³-hybridized carbons (Fsp3) is 0.933. The van der Waals surface area contributed by atoms with E-state index in [1.165, 1.54) is 12.8 Å². The molecule has 2 aliphatic rings. The second kappa shape index (κ2) is 5.20. The van der Waals surface area contributed by atoms with Gasteiger partial charge in [0.2, 0.25) is 5.91 Å². The number of hydrogen-bond acceptors (Lipinski definition) is 2. The van der Waals surface area contributed by atoms with E-state index in [-0.39, 0.29) is 5.91 Å². The predicted octanol–water partition coefficient (Wildman–Crippen LogP) is 2.54. The van der Waals surface area contributed by atoms with Gasteiger partial charge in [-0.1, -0.05) is 33.1 Å². The zero-order valence-electron chi connectivity index (χ0n) is 12.1. The normalized spacial score (nSPS) is 36.4. The highest BCUT2D eigenvalue weighted by molar-refractivity contribution is 5.86. The number of nitrogens with zero attached hydrogens (tertiary/aromatic N) is 1. The van der Waals surface area contributed by atoms with Crippen LogP contribution in [-0.2, 0) is 4.79 Å². The largest absolute Gasteiger partial charge is 0.338 e. The summed E-state index contributed by atoms with van der Waals surface area (Å²) < 4.78 is 0. The molecule has 2 fully saturated rings. The van der Waals surface area contributed by atoms with Gasteiger partial charge in [0.1, 0.15) is 0 Å². The molecular formula is C15H28N2O. The molecule has 2 N–H and O–H groups in total. The summed E-state index contributed by atoms with van der Waals surface area (Å²) in [5.41, 5.74) is 5.83. The van der Waals surface area contributed by atoms with Crippen LogP contribution in [0.1, 0.15) is 59.3 Å². The average molecular weight is 252 g/mol. The van der Waals surface area contributed by atoms with E-state index in [4.69, 9.17) is 5.73 Å². The highest BCUT2D eigenvalue weighted by atomic mass is 16.2. The summed E-state index contributed by atoms with van der Waals surface area (Å²) in [6, 6.07) is 0.344. The van der Waals surface area contributed by atoms with Crippen LogP contribution in [0.3, 0.4) is 0 Å². The molecule has 1 saturated heterocycles. The van der Waals surface area contributed by atoms with Gasteiger partial charge in [-0.3, -0.25) is 4.79 Å². The highest BCUT2D eigenvalue weighted by Crippen LogP contribution is 2.33. The van der Waals surface area contributed by atoms with Gasteiger partial charge in [-0.2, -0.15) is 0 Å². The smallest absolute Gasteiger partial charge is 0.242 e. The molecule has 1 aliphatic heterocycles. The number of nitrogens with two attached hydrogens (primary N) is 1. The minimum Gasteiger partial charge on any atom is -0.338 e. The Bertz CT molecular complexity index is 310. The van der Waals surface area contributed by atoms with Crippen LogP contribution in [0.5, 0.6) is 0 Å². The van der Waals surface area contributed by atoms with Crippen LogP contribution in [-0.4, -0.2) is 28.9 Å². The lowest BCUT2D eigenvalue weighted by molar-refractivity contribution is -0.144. The number of hydrogen-bond donors (Lipinski definition) is 1. The Morgan fingerprint density at radius 3 is 2.39 bits per heavy atom. The number of piperidine rings is 1. The van der Waals surface area contributed by atoms with Crippen molar-refractivity contribution in [3.63, 3.8) is 0 Å². The van der Waals surface area contributed by atoms with E-state index >= 15 is 0 Å². The molecule has 1 heterocycles. The van der Waals surface area contributed by atoms with E-state index in [0.29, 0.717) is 17.9 Å². The summed E-state index contributed by atoms with van der Waals surface area (Å²) in [6.07, 6.45) is 6.41. The molecule has 0 aromatic carbocycles. The predicted molar refractivity (Wildman–Crippen MR) is 74.1 cm³/mol. The summed E-state index contributed by atoms with van der Waals surface area (Å²) in [5.74, 6) is 1.41. The molecule has 3 atom stereocenters. The molecule has 1 aliphatic carbocycles. The second-order valence-corrected chi connectivity index (χ2v) is 6.73. The molecule has 1 saturated carbocycles. The van der Waals surface area contributed by atoms with E-state index in [0.717, 1.165) is 32.2 Å². The molecule has 104 valence electrons. The summed E-state index contributed by atoms with van der Waals surface area (Å²) in [5, 5.41) is 0. The van der Waals surface area contributed by atoms with Crippen molar-refractivity contribution in [2.75, 3.05) is 6.54 Å². The molecule has 0 aromatic rings. The first-order chi connectivity index (χ1) is 8.44. The Labute approximate surface area is 111 Å². The molecule has 3 nitrogen and oxygen atoms in total. The van der Waals surface area contributed by atoms with Gasteiger partial charge in [0.05, 0.1) is 5.54 Å². The lowest BCUT2D eigenvalue weighted by Gasteiger charge is -2.45. The first-order valence-corrected chi connectivity index (χ1v) is 7.54. The van der Waals surface area contributed by atoms with Crippen molar-refractivity contribution in [2.24, 2.45) is 17.6 Å². The first-order valence-electron chi connectivity index (χ1n) is 7.54. The van der Waals surface area contributed by atoms with Crippen LogP contribution in [0.15, 0.2) is 0 Å². The maximum atomic E-state index is 12.8. The Hall–Kier alpha value is -0.570. The third-order valence-electron chi connectivity index (χ3n) is 5.03. The van der Waals surface area contributed by atoms with Crippen molar-refractivity contribution in [2.45, 2.75) is 70.9 Å². The third kappa shape index (κ3) is 2.56. The fourth-order valence-corrected chi connectivity index (χ4v) is 3.67. The minimum absolute atomic E-state index is 0.216. The Morgan fingerprint density at radius 2 is 1.78 bits per heavy atom. The summed E-state index contributed by atoms with van der Waals surface area (Å²) >= 11 is 0.